The number of hydrogen-bond donors (Lipinski definition) is 0. The van der Waals surface area contributed by atoms with Crippen molar-refractivity contribution in [2.75, 3.05) is 13.2 Å². The molecule has 0 bridgehead atoms. The van der Waals surface area contributed by atoms with Crippen LogP contribution in [0.3, 0.4) is 0 Å². The lowest BCUT2D eigenvalue weighted by Crippen LogP contribution is -2.48. The average Bonchev–Trinajstić information content (AvgIpc) is 2.29. The fourth-order valence-electron chi connectivity index (χ4n) is 1.59. The first-order valence-corrected chi connectivity index (χ1v) is 8.66. The summed E-state index contributed by atoms with van der Waals surface area (Å²) in [6.07, 6.45) is 0.174. The van der Waals surface area contributed by atoms with Crippen molar-refractivity contribution in [2.24, 2.45) is 0 Å². The summed E-state index contributed by atoms with van der Waals surface area (Å²) in [4.78, 5) is 11.4. The van der Waals surface area contributed by atoms with Crippen LogP contribution in [-0.2, 0) is 22.8 Å². The molecule has 5 nitrogen and oxygen atoms in total. The monoisotopic (exact) mass is 290 g/mol. The van der Waals surface area contributed by atoms with Gasteiger partial charge in [-0.1, -0.05) is 19.9 Å². The molecule has 0 aromatic heterocycles. The topological polar surface area (TPSA) is 54.0 Å². The zero-order valence-electron chi connectivity index (χ0n) is 12.7. The lowest BCUT2D eigenvalue weighted by atomic mass is 10.4. The van der Waals surface area contributed by atoms with E-state index in [1.54, 1.807) is 13.8 Å². The molecule has 0 saturated carbocycles. The number of rotatable bonds is 10. The Hall–Kier alpha value is -0.693. The van der Waals surface area contributed by atoms with E-state index < -0.39 is 21.1 Å². The Morgan fingerprint density at radius 2 is 1.74 bits per heavy atom. The Bertz CT molecular complexity index is 276. The van der Waals surface area contributed by atoms with Gasteiger partial charge in [0, 0.05) is 24.8 Å². The molecule has 0 aliphatic rings. The van der Waals surface area contributed by atoms with Crippen LogP contribution in [0.15, 0.2) is 12.2 Å². The normalized spacial score (nSPS) is 13.1. The van der Waals surface area contributed by atoms with Gasteiger partial charge in [-0.05, 0) is 27.7 Å². The Morgan fingerprint density at radius 1 is 1.21 bits per heavy atom. The quantitative estimate of drug-likeness (QED) is 0.268. The van der Waals surface area contributed by atoms with Crippen molar-refractivity contribution in [3.8, 4) is 0 Å². The van der Waals surface area contributed by atoms with Gasteiger partial charge in [0.15, 0.2) is 6.29 Å². The van der Waals surface area contributed by atoms with Gasteiger partial charge in [0.05, 0.1) is 0 Å². The summed E-state index contributed by atoms with van der Waals surface area (Å²) in [5.74, 6) is -0.472. The number of carbonyl (C=O) groups is 1. The fourth-order valence-corrected chi connectivity index (χ4v) is 4.26. The first-order valence-electron chi connectivity index (χ1n) is 6.73. The summed E-state index contributed by atoms with van der Waals surface area (Å²) in [5.41, 5.74) is 0.339. The molecule has 0 unspecified atom stereocenters. The minimum atomic E-state index is -2.77. The lowest BCUT2D eigenvalue weighted by molar-refractivity contribution is -0.162. The van der Waals surface area contributed by atoms with E-state index in [-0.39, 0.29) is 0 Å². The van der Waals surface area contributed by atoms with E-state index in [4.69, 9.17) is 18.0 Å². The molecule has 0 N–H and O–H groups in total. The van der Waals surface area contributed by atoms with E-state index in [1.807, 2.05) is 20.8 Å². The molecule has 0 rings (SSSR count). The van der Waals surface area contributed by atoms with Gasteiger partial charge in [0.1, 0.15) is 0 Å². The van der Waals surface area contributed by atoms with Gasteiger partial charge >= 0.3 is 14.8 Å². The third-order valence-electron chi connectivity index (χ3n) is 2.25. The number of carbonyl (C=O) groups excluding carboxylic acids is 1. The molecular formula is C13H26O5Si. The van der Waals surface area contributed by atoms with E-state index in [9.17, 15) is 4.79 Å². The van der Waals surface area contributed by atoms with Gasteiger partial charge in [-0.15, -0.1) is 0 Å². The molecule has 0 saturated heterocycles. The lowest BCUT2D eigenvalue weighted by Gasteiger charge is -2.31. The molecule has 6 heteroatoms. The molecule has 0 heterocycles. The van der Waals surface area contributed by atoms with Crippen LogP contribution in [-0.4, -0.2) is 34.3 Å². The predicted octanol–water partition coefficient (Wildman–Crippen LogP) is 2.89. The maximum absolute atomic E-state index is 11.4. The fraction of sp³-hybridized carbons (Fsp3) is 0.769. The summed E-state index contributed by atoms with van der Waals surface area (Å²) in [7, 11) is -2.77. The highest BCUT2D eigenvalue weighted by Gasteiger charge is 2.42. The molecule has 0 radical (unpaired) electrons. The van der Waals surface area contributed by atoms with Crippen molar-refractivity contribution in [3.63, 3.8) is 0 Å². The maximum atomic E-state index is 11.4. The predicted molar refractivity (Wildman–Crippen MR) is 75.6 cm³/mol. The van der Waals surface area contributed by atoms with Crippen LogP contribution >= 0.6 is 0 Å². The number of ether oxygens (including phenoxy) is 1. The van der Waals surface area contributed by atoms with E-state index >= 15 is 0 Å². The molecule has 0 aliphatic carbocycles. The largest absolute Gasteiger partial charge is 0.503 e. The van der Waals surface area contributed by atoms with Gasteiger partial charge in [0.25, 0.3) is 0 Å². The highest BCUT2D eigenvalue weighted by atomic mass is 28.4. The van der Waals surface area contributed by atoms with Crippen LogP contribution in [0.4, 0.5) is 0 Å². The molecule has 0 fully saturated rings. The summed E-state index contributed by atoms with van der Waals surface area (Å²) < 4.78 is 22.3. The zero-order valence-corrected chi connectivity index (χ0v) is 13.7. The summed E-state index contributed by atoms with van der Waals surface area (Å²) in [5, 5.41) is 0. The standard InChI is InChI=1S/C13H26O5Si/c1-7-10-19(15-8-2,16-9-3)18-12(6)17-13(14)11(4)5/h12H,4,7-10H2,1-3,5-6H3/t12-/m1/s1. The van der Waals surface area contributed by atoms with Crippen LogP contribution in [0.1, 0.15) is 41.0 Å². The minimum absolute atomic E-state index is 0.339. The SMILES string of the molecule is C=C(C)C(=O)O[C@@H](C)O[Si](CCC)(OCC)OCC. The van der Waals surface area contributed by atoms with Gasteiger partial charge in [-0.2, -0.15) is 0 Å². The van der Waals surface area contributed by atoms with Crippen LogP contribution in [0.2, 0.25) is 6.04 Å². The van der Waals surface area contributed by atoms with Crippen LogP contribution in [0, 0.1) is 0 Å². The first-order chi connectivity index (χ1) is 8.90. The second-order valence-corrected chi connectivity index (χ2v) is 6.85. The van der Waals surface area contributed by atoms with Crippen LogP contribution in [0.5, 0.6) is 0 Å². The molecule has 112 valence electrons. The first kappa shape index (κ1) is 18.3. The number of hydrogen-bond acceptors (Lipinski definition) is 5. The van der Waals surface area contributed by atoms with Crippen molar-refractivity contribution in [1.82, 2.24) is 0 Å². The summed E-state index contributed by atoms with van der Waals surface area (Å²) >= 11 is 0. The Kier molecular flexibility index (Phi) is 8.91. The third-order valence-corrected chi connectivity index (χ3v) is 5.51. The second-order valence-electron chi connectivity index (χ2n) is 4.17. The molecule has 1 atom stereocenters. The second kappa shape index (κ2) is 9.25. The molecular weight excluding hydrogens is 264 g/mol. The highest BCUT2D eigenvalue weighted by molar-refractivity contribution is 6.60. The van der Waals surface area contributed by atoms with E-state index in [0.29, 0.717) is 24.8 Å². The minimum Gasteiger partial charge on any atom is -0.434 e. The van der Waals surface area contributed by atoms with Crippen molar-refractivity contribution >= 4 is 14.8 Å². The Labute approximate surface area is 117 Å². The van der Waals surface area contributed by atoms with Gasteiger partial charge in [0.2, 0.25) is 0 Å². The Morgan fingerprint density at radius 3 is 2.11 bits per heavy atom. The van der Waals surface area contributed by atoms with Crippen molar-refractivity contribution < 1.29 is 22.8 Å². The third kappa shape index (κ3) is 6.86. The maximum Gasteiger partial charge on any atom is 0.503 e. The molecule has 0 spiro atoms. The number of esters is 1. The molecule has 19 heavy (non-hydrogen) atoms. The van der Waals surface area contributed by atoms with Crippen LogP contribution in [0.25, 0.3) is 0 Å². The van der Waals surface area contributed by atoms with Crippen molar-refractivity contribution in [1.29, 1.82) is 0 Å². The van der Waals surface area contributed by atoms with Gasteiger partial charge in [-0.25, -0.2) is 4.79 Å². The molecule has 0 aromatic carbocycles. The van der Waals surface area contributed by atoms with Crippen molar-refractivity contribution in [3.05, 3.63) is 12.2 Å². The summed E-state index contributed by atoms with van der Waals surface area (Å²) in [6, 6.07) is 0.698. The van der Waals surface area contributed by atoms with E-state index in [2.05, 4.69) is 6.58 Å². The van der Waals surface area contributed by atoms with Gasteiger partial charge in [-0.3, -0.25) is 0 Å². The van der Waals surface area contributed by atoms with Gasteiger partial charge < -0.3 is 18.0 Å². The molecule has 0 aromatic rings. The van der Waals surface area contributed by atoms with E-state index in [0.717, 1.165) is 6.42 Å². The Balaban J connectivity index is 4.68. The van der Waals surface area contributed by atoms with E-state index in [1.165, 1.54) is 0 Å². The average molecular weight is 290 g/mol. The molecule has 0 amide bonds. The van der Waals surface area contributed by atoms with Crippen molar-refractivity contribution in [2.45, 2.75) is 53.4 Å². The molecule has 0 aliphatic heterocycles. The zero-order chi connectivity index (χ0) is 14.9. The highest BCUT2D eigenvalue weighted by Crippen LogP contribution is 2.20. The smallest absolute Gasteiger partial charge is 0.434 e. The van der Waals surface area contributed by atoms with Crippen LogP contribution < -0.4 is 0 Å². The summed E-state index contributed by atoms with van der Waals surface area (Å²) in [6.45, 7) is 13.6.